The third-order valence-corrected chi connectivity index (χ3v) is 11.8. The Hall–Kier alpha value is -1.24. The van der Waals surface area contributed by atoms with E-state index < -0.39 is 13.9 Å². The molecule has 2 atom stereocenters. The molecule has 3 rings (SSSR count). The van der Waals surface area contributed by atoms with Crippen molar-refractivity contribution >= 4 is 31.7 Å². The highest BCUT2D eigenvalue weighted by Crippen LogP contribution is 2.38. The van der Waals surface area contributed by atoms with Crippen LogP contribution in [-0.2, 0) is 15.6 Å². The molecule has 0 aromatic heterocycles. The summed E-state index contributed by atoms with van der Waals surface area (Å²) >= 11 is 6.25. The van der Waals surface area contributed by atoms with E-state index in [-0.39, 0.29) is 23.2 Å². The first-order valence-corrected chi connectivity index (χ1v) is 15.2. The standard InChI is InChI=1S/C25H41ClN2O3Si/c1-24(2,3)31-23(29)28-16-20(15-21(28)17-30-32(7,8)25(4,5)6)27-13-9-10-18-14-19(26)11-12-22(18)27/h11-12,14,20-21H,9-10,13,15-17H2,1-8H3/t20-,21-/m1/s1. The Bertz CT molecular complexity index is 831. The van der Waals surface area contributed by atoms with Gasteiger partial charge < -0.3 is 19.0 Å². The molecule has 2 heterocycles. The van der Waals surface area contributed by atoms with Crippen LogP contribution >= 0.6 is 11.6 Å². The van der Waals surface area contributed by atoms with Gasteiger partial charge in [0.1, 0.15) is 5.60 Å². The Morgan fingerprint density at radius 3 is 2.50 bits per heavy atom. The summed E-state index contributed by atoms with van der Waals surface area (Å²) in [7, 11) is -1.92. The molecule has 1 amide bonds. The van der Waals surface area contributed by atoms with Crippen LogP contribution in [0.15, 0.2) is 18.2 Å². The van der Waals surface area contributed by atoms with Crippen molar-refractivity contribution in [2.24, 2.45) is 0 Å². The topological polar surface area (TPSA) is 42.0 Å². The van der Waals surface area contributed by atoms with Crippen molar-refractivity contribution in [3.63, 3.8) is 0 Å². The maximum absolute atomic E-state index is 13.1. The molecular weight excluding hydrogens is 440 g/mol. The molecule has 0 spiro atoms. The third kappa shape index (κ3) is 5.81. The molecule has 0 N–H and O–H groups in total. The number of likely N-dealkylation sites (tertiary alicyclic amines) is 1. The summed E-state index contributed by atoms with van der Waals surface area (Å²) in [5.74, 6) is 0. The number of carbonyl (C=O) groups is 1. The minimum absolute atomic E-state index is 0.0154. The predicted molar refractivity (Wildman–Crippen MR) is 135 cm³/mol. The average Bonchev–Trinajstić information content (AvgIpc) is 3.08. The first-order chi connectivity index (χ1) is 14.7. The fourth-order valence-electron chi connectivity index (χ4n) is 4.32. The number of halogens is 1. The second-order valence-electron chi connectivity index (χ2n) is 11.8. The largest absolute Gasteiger partial charge is 0.444 e. The number of hydrogen-bond acceptors (Lipinski definition) is 4. The van der Waals surface area contributed by atoms with Crippen LogP contribution in [0.1, 0.15) is 59.9 Å². The number of amides is 1. The van der Waals surface area contributed by atoms with Gasteiger partial charge in [0.25, 0.3) is 0 Å². The molecule has 2 aliphatic heterocycles. The number of hydrogen-bond donors (Lipinski definition) is 0. The normalized spacial score (nSPS) is 22.2. The number of benzene rings is 1. The summed E-state index contributed by atoms with van der Waals surface area (Å²) in [5.41, 5.74) is 2.03. The Balaban J connectivity index is 1.81. The maximum atomic E-state index is 13.1. The smallest absolute Gasteiger partial charge is 0.410 e. The van der Waals surface area contributed by atoms with Gasteiger partial charge in [0.2, 0.25) is 0 Å². The molecular formula is C25H41ClN2O3Si. The van der Waals surface area contributed by atoms with Crippen molar-refractivity contribution in [2.75, 3.05) is 24.6 Å². The number of nitrogens with zero attached hydrogens (tertiary/aromatic N) is 2. The Labute approximate surface area is 200 Å². The third-order valence-electron chi connectivity index (χ3n) is 7.10. The number of fused-ring (bicyclic) bond motifs is 1. The summed E-state index contributed by atoms with van der Waals surface area (Å²) in [5, 5.41) is 0.917. The van der Waals surface area contributed by atoms with Crippen LogP contribution in [0.25, 0.3) is 0 Å². The van der Waals surface area contributed by atoms with E-state index in [4.69, 9.17) is 20.8 Å². The summed E-state index contributed by atoms with van der Waals surface area (Å²) in [6, 6.07) is 6.45. The first-order valence-electron chi connectivity index (χ1n) is 11.9. The maximum Gasteiger partial charge on any atom is 0.410 e. The van der Waals surface area contributed by atoms with Gasteiger partial charge in [0.05, 0.1) is 12.6 Å². The first kappa shape index (κ1) is 25.4. The van der Waals surface area contributed by atoms with Gasteiger partial charge in [-0.3, -0.25) is 0 Å². The van der Waals surface area contributed by atoms with Gasteiger partial charge in [-0.25, -0.2) is 4.79 Å². The molecule has 2 aliphatic rings. The molecule has 32 heavy (non-hydrogen) atoms. The monoisotopic (exact) mass is 480 g/mol. The van der Waals surface area contributed by atoms with Crippen LogP contribution in [0.3, 0.4) is 0 Å². The van der Waals surface area contributed by atoms with Gasteiger partial charge in [0, 0.05) is 29.8 Å². The van der Waals surface area contributed by atoms with Crippen LogP contribution < -0.4 is 4.90 Å². The molecule has 0 aliphatic carbocycles. The molecule has 180 valence electrons. The molecule has 0 unspecified atom stereocenters. The van der Waals surface area contributed by atoms with E-state index in [2.05, 4.69) is 50.9 Å². The number of carbonyl (C=O) groups excluding carboxylic acids is 1. The molecule has 1 fully saturated rings. The van der Waals surface area contributed by atoms with Gasteiger partial charge >= 0.3 is 6.09 Å². The van der Waals surface area contributed by atoms with E-state index in [0.29, 0.717) is 13.2 Å². The number of aryl methyl sites for hydroxylation is 1. The molecule has 1 saturated heterocycles. The van der Waals surface area contributed by atoms with Crippen LogP contribution in [0, 0.1) is 0 Å². The van der Waals surface area contributed by atoms with Crippen molar-refractivity contribution in [1.82, 2.24) is 4.90 Å². The van der Waals surface area contributed by atoms with E-state index in [1.165, 1.54) is 11.3 Å². The lowest BCUT2D eigenvalue weighted by Crippen LogP contribution is -2.47. The SMILES string of the molecule is CC(C)(C)OC(=O)N1C[C@H](N2CCCc3cc(Cl)ccc32)C[C@@H]1CO[Si](C)(C)C(C)(C)C. The van der Waals surface area contributed by atoms with Crippen molar-refractivity contribution in [2.45, 2.75) is 96.6 Å². The highest BCUT2D eigenvalue weighted by atomic mass is 35.5. The molecule has 1 aromatic rings. The number of ether oxygens (including phenoxy) is 1. The predicted octanol–water partition coefficient (Wildman–Crippen LogP) is 6.49. The van der Waals surface area contributed by atoms with E-state index in [0.717, 1.165) is 30.8 Å². The Morgan fingerprint density at radius 2 is 1.88 bits per heavy atom. The van der Waals surface area contributed by atoms with E-state index in [1.54, 1.807) is 0 Å². The van der Waals surface area contributed by atoms with Crippen molar-refractivity contribution in [3.05, 3.63) is 28.8 Å². The van der Waals surface area contributed by atoms with E-state index in [1.807, 2.05) is 31.7 Å². The van der Waals surface area contributed by atoms with E-state index >= 15 is 0 Å². The Kier molecular flexibility index (Phi) is 7.29. The quantitative estimate of drug-likeness (QED) is 0.461. The van der Waals surface area contributed by atoms with Crippen LogP contribution in [0.4, 0.5) is 10.5 Å². The lowest BCUT2D eigenvalue weighted by atomic mass is 9.99. The number of rotatable bonds is 4. The van der Waals surface area contributed by atoms with Crippen LogP contribution in [0.5, 0.6) is 0 Å². The zero-order valence-electron chi connectivity index (χ0n) is 21.1. The molecule has 0 bridgehead atoms. The zero-order valence-corrected chi connectivity index (χ0v) is 22.9. The van der Waals surface area contributed by atoms with Crippen LogP contribution in [-0.4, -0.2) is 56.7 Å². The second kappa shape index (κ2) is 9.19. The van der Waals surface area contributed by atoms with Crippen molar-refractivity contribution in [3.8, 4) is 0 Å². The minimum atomic E-state index is -1.92. The fourth-order valence-corrected chi connectivity index (χ4v) is 5.55. The minimum Gasteiger partial charge on any atom is -0.444 e. The van der Waals surface area contributed by atoms with E-state index in [9.17, 15) is 4.79 Å². The summed E-state index contributed by atoms with van der Waals surface area (Å²) < 4.78 is 12.3. The lowest BCUT2D eigenvalue weighted by Gasteiger charge is -2.38. The summed E-state index contributed by atoms with van der Waals surface area (Å²) in [6.45, 7) is 19.3. The van der Waals surface area contributed by atoms with Crippen molar-refractivity contribution < 1.29 is 14.0 Å². The molecule has 0 radical (unpaired) electrons. The zero-order chi connectivity index (χ0) is 23.9. The molecule has 5 nitrogen and oxygen atoms in total. The van der Waals surface area contributed by atoms with Gasteiger partial charge in [-0.15, -0.1) is 0 Å². The summed E-state index contributed by atoms with van der Waals surface area (Å²) in [4.78, 5) is 17.5. The Morgan fingerprint density at radius 1 is 1.19 bits per heavy atom. The van der Waals surface area contributed by atoms with Gasteiger partial charge in [0.15, 0.2) is 8.32 Å². The van der Waals surface area contributed by atoms with Gasteiger partial charge in [-0.2, -0.15) is 0 Å². The molecule has 0 saturated carbocycles. The second-order valence-corrected chi connectivity index (χ2v) is 17.1. The highest BCUT2D eigenvalue weighted by molar-refractivity contribution is 6.74. The number of anilines is 1. The lowest BCUT2D eigenvalue weighted by molar-refractivity contribution is 0.0180. The van der Waals surface area contributed by atoms with Gasteiger partial charge in [-0.05, 0) is 81.9 Å². The summed E-state index contributed by atoms with van der Waals surface area (Å²) in [6.07, 6.45) is 2.79. The van der Waals surface area contributed by atoms with Crippen LogP contribution in [0.2, 0.25) is 23.2 Å². The molecule has 1 aromatic carbocycles. The van der Waals surface area contributed by atoms with Gasteiger partial charge in [-0.1, -0.05) is 32.4 Å². The van der Waals surface area contributed by atoms with Crippen molar-refractivity contribution in [1.29, 1.82) is 0 Å². The average molecular weight is 481 g/mol. The molecule has 7 heteroatoms. The highest BCUT2D eigenvalue weighted by Gasteiger charge is 2.43. The fraction of sp³-hybridized carbons (Fsp3) is 0.720.